The third kappa shape index (κ3) is 5.10. The van der Waals surface area contributed by atoms with E-state index in [9.17, 15) is 4.79 Å². The van der Waals surface area contributed by atoms with E-state index >= 15 is 0 Å². The molecule has 0 aromatic heterocycles. The Bertz CT molecular complexity index is 354. The molecule has 1 aromatic rings. The van der Waals surface area contributed by atoms with Gasteiger partial charge in [-0.3, -0.25) is 4.79 Å². The van der Waals surface area contributed by atoms with E-state index in [1.807, 2.05) is 49.1 Å². The molecular weight excluding hydrogens is 244 g/mol. The number of thioether (sulfide) groups is 1. The van der Waals surface area contributed by atoms with Crippen molar-refractivity contribution in [2.45, 2.75) is 26.3 Å². The molecular formula is C14H22N2OS. The molecule has 3 nitrogen and oxygen atoms in total. The number of amides is 1. The lowest BCUT2D eigenvalue weighted by Crippen LogP contribution is -2.32. The van der Waals surface area contributed by atoms with Gasteiger partial charge in [0.25, 0.3) is 0 Å². The summed E-state index contributed by atoms with van der Waals surface area (Å²) in [4.78, 5) is 13.9. The summed E-state index contributed by atoms with van der Waals surface area (Å²) in [6.45, 7) is 4.69. The third-order valence-electron chi connectivity index (χ3n) is 2.63. The molecule has 0 radical (unpaired) electrons. The largest absolute Gasteiger partial charge is 0.328 e. The molecule has 18 heavy (non-hydrogen) atoms. The lowest BCUT2D eigenvalue weighted by Gasteiger charge is -2.20. The Balaban J connectivity index is 2.43. The Kier molecular flexibility index (Phi) is 6.83. The molecule has 0 aliphatic rings. The maximum Gasteiger partial charge on any atom is 0.236 e. The number of nitrogens with zero attached hydrogens (tertiary/aromatic N) is 1. The Hall–Kier alpha value is -1.00. The number of benzene rings is 1. The van der Waals surface area contributed by atoms with E-state index < -0.39 is 0 Å². The summed E-state index contributed by atoms with van der Waals surface area (Å²) in [6, 6.07) is 10.0. The van der Waals surface area contributed by atoms with Gasteiger partial charge in [0.15, 0.2) is 0 Å². The van der Waals surface area contributed by atoms with Crippen molar-refractivity contribution in [1.82, 2.24) is 0 Å². The van der Waals surface area contributed by atoms with Crippen molar-refractivity contribution in [1.29, 1.82) is 0 Å². The van der Waals surface area contributed by atoms with Crippen LogP contribution >= 0.6 is 11.8 Å². The van der Waals surface area contributed by atoms with Crippen LogP contribution in [-0.4, -0.2) is 30.0 Å². The molecule has 1 aromatic carbocycles. The molecule has 0 saturated heterocycles. The van der Waals surface area contributed by atoms with Gasteiger partial charge in [-0.2, -0.15) is 11.8 Å². The zero-order chi connectivity index (χ0) is 13.4. The van der Waals surface area contributed by atoms with Gasteiger partial charge in [0, 0.05) is 18.3 Å². The molecule has 2 N–H and O–H groups in total. The summed E-state index contributed by atoms with van der Waals surface area (Å²) in [5.41, 5.74) is 6.65. The molecule has 0 saturated carbocycles. The van der Waals surface area contributed by atoms with Gasteiger partial charge in [0.2, 0.25) is 5.91 Å². The van der Waals surface area contributed by atoms with Crippen LogP contribution in [0, 0.1) is 0 Å². The van der Waals surface area contributed by atoms with Gasteiger partial charge in [0.05, 0.1) is 5.75 Å². The first-order valence-corrected chi connectivity index (χ1v) is 7.49. The predicted octanol–water partition coefficient (Wildman–Crippen LogP) is 2.51. The second kappa shape index (κ2) is 8.16. The molecule has 1 amide bonds. The number of carbonyl (C=O) groups excluding carboxylic acids is 1. The van der Waals surface area contributed by atoms with Crippen molar-refractivity contribution in [3.05, 3.63) is 30.3 Å². The van der Waals surface area contributed by atoms with Gasteiger partial charge in [-0.1, -0.05) is 18.2 Å². The second-order valence-electron chi connectivity index (χ2n) is 4.29. The number of para-hydroxylation sites is 1. The number of carbonyl (C=O) groups is 1. The van der Waals surface area contributed by atoms with E-state index in [2.05, 4.69) is 0 Å². The Morgan fingerprint density at radius 1 is 1.39 bits per heavy atom. The molecule has 1 rings (SSSR count). The van der Waals surface area contributed by atoms with Crippen LogP contribution in [0.2, 0.25) is 0 Å². The fourth-order valence-electron chi connectivity index (χ4n) is 1.62. The molecule has 0 heterocycles. The van der Waals surface area contributed by atoms with E-state index in [0.717, 1.165) is 17.9 Å². The van der Waals surface area contributed by atoms with Crippen molar-refractivity contribution < 1.29 is 4.79 Å². The molecule has 0 fully saturated rings. The second-order valence-corrected chi connectivity index (χ2v) is 5.40. The zero-order valence-electron chi connectivity index (χ0n) is 11.1. The van der Waals surface area contributed by atoms with E-state index in [0.29, 0.717) is 12.3 Å². The molecule has 100 valence electrons. The van der Waals surface area contributed by atoms with Crippen LogP contribution in [0.4, 0.5) is 5.69 Å². The first-order chi connectivity index (χ1) is 8.65. The highest BCUT2D eigenvalue weighted by atomic mass is 32.2. The fourth-order valence-corrected chi connectivity index (χ4v) is 2.63. The number of hydrogen-bond acceptors (Lipinski definition) is 3. The van der Waals surface area contributed by atoms with Crippen LogP contribution < -0.4 is 10.6 Å². The SMILES string of the molecule is CCN(C(=O)CSCCC(C)N)c1ccccc1. The summed E-state index contributed by atoms with van der Waals surface area (Å²) in [6.07, 6.45) is 0.954. The van der Waals surface area contributed by atoms with E-state index in [-0.39, 0.29) is 11.9 Å². The highest BCUT2D eigenvalue weighted by Crippen LogP contribution is 2.15. The van der Waals surface area contributed by atoms with Crippen LogP contribution in [0.5, 0.6) is 0 Å². The summed E-state index contributed by atoms with van der Waals surface area (Å²) in [5.74, 6) is 1.63. The summed E-state index contributed by atoms with van der Waals surface area (Å²) in [7, 11) is 0. The number of hydrogen-bond donors (Lipinski definition) is 1. The van der Waals surface area contributed by atoms with E-state index in [1.54, 1.807) is 11.8 Å². The van der Waals surface area contributed by atoms with Gasteiger partial charge < -0.3 is 10.6 Å². The van der Waals surface area contributed by atoms with Gasteiger partial charge in [-0.25, -0.2) is 0 Å². The maximum absolute atomic E-state index is 12.1. The van der Waals surface area contributed by atoms with Crippen molar-refractivity contribution in [3.8, 4) is 0 Å². The predicted molar refractivity (Wildman–Crippen MR) is 80.1 cm³/mol. The van der Waals surface area contributed by atoms with Crippen LogP contribution in [0.3, 0.4) is 0 Å². The normalized spacial score (nSPS) is 12.2. The Morgan fingerprint density at radius 3 is 2.61 bits per heavy atom. The van der Waals surface area contributed by atoms with Crippen LogP contribution in [0.1, 0.15) is 20.3 Å². The smallest absolute Gasteiger partial charge is 0.236 e. The van der Waals surface area contributed by atoms with Crippen molar-refractivity contribution in [3.63, 3.8) is 0 Å². The fraction of sp³-hybridized carbons (Fsp3) is 0.500. The van der Waals surface area contributed by atoms with E-state index in [1.165, 1.54) is 0 Å². The first-order valence-electron chi connectivity index (χ1n) is 6.34. The van der Waals surface area contributed by atoms with Gasteiger partial charge >= 0.3 is 0 Å². The molecule has 1 atom stereocenters. The minimum absolute atomic E-state index is 0.165. The van der Waals surface area contributed by atoms with Crippen LogP contribution in [-0.2, 0) is 4.79 Å². The molecule has 0 aliphatic heterocycles. The molecule has 1 unspecified atom stereocenters. The Labute approximate surface area is 114 Å². The Morgan fingerprint density at radius 2 is 2.06 bits per heavy atom. The van der Waals surface area contributed by atoms with Crippen molar-refractivity contribution in [2.75, 3.05) is 23.0 Å². The lowest BCUT2D eigenvalue weighted by molar-refractivity contribution is -0.116. The van der Waals surface area contributed by atoms with Gasteiger partial charge in [0.1, 0.15) is 0 Å². The molecule has 0 bridgehead atoms. The monoisotopic (exact) mass is 266 g/mol. The van der Waals surface area contributed by atoms with Gasteiger partial charge in [-0.15, -0.1) is 0 Å². The maximum atomic E-state index is 12.1. The minimum atomic E-state index is 0.165. The average molecular weight is 266 g/mol. The minimum Gasteiger partial charge on any atom is -0.328 e. The molecule has 4 heteroatoms. The first kappa shape index (κ1) is 15.1. The summed E-state index contributed by atoms with van der Waals surface area (Å²) >= 11 is 1.66. The van der Waals surface area contributed by atoms with Crippen molar-refractivity contribution in [2.24, 2.45) is 5.73 Å². The highest BCUT2D eigenvalue weighted by molar-refractivity contribution is 7.99. The number of rotatable bonds is 7. The third-order valence-corrected chi connectivity index (χ3v) is 3.60. The topological polar surface area (TPSA) is 46.3 Å². The van der Waals surface area contributed by atoms with Crippen molar-refractivity contribution >= 4 is 23.4 Å². The summed E-state index contributed by atoms with van der Waals surface area (Å²) in [5, 5.41) is 0. The molecule has 0 spiro atoms. The lowest BCUT2D eigenvalue weighted by atomic mass is 10.3. The number of nitrogens with two attached hydrogens (primary N) is 1. The van der Waals surface area contributed by atoms with Crippen LogP contribution in [0.25, 0.3) is 0 Å². The summed E-state index contributed by atoms with van der Waals surface area (Å²) < 4.78 is 0. The number of anilines is 1. The standard InChI is InChI=1S/C14H22N2OS/c1-3-16(13-7-5-4-6-8-13)14(17)11-18-10-9-12(2)15/h4-8,12H,3,9-11,15H2,1-2H3. The average Bonchev–Trinajstić information content (AvgIpc) is 2.36. The quantitative estimate of drug-likeness (QED) is 0.771. The highest BCUT2D eigenvalue weighted by Gasteiger charge is 2.13. The van der Waals surface area contributed by atoms with Gasteiger partial charge in [-0.05, 0) is 38.2 Å². The van der Waals surface area contributed by atoms with E-state index in [4.69, 9.17) is 5.73 Å². The molecule has 0 aliphatic carbocycles. The zero-order valence-corrected chi connectivity index (χ0v) is 12.0. The van der Waals surface area contributed by atoms with Crippen LogP contribution in [0.15, 0.2) is 30.3 Å².